The van der Waals surface area contributed by atoms with Gasteiger partial charge >= 0.3 is 0 Å². The van der Waals surface area contributed by atoms with Gasteiger partial charge in [0.25, 0.3) is 5.91 Å². The number of ketones is 1. The number of furan rings is 1. The number of Topliss-reactive ketones (excluding diaryl/α,β-unsaturated/α-hetero) is 1. The van der Waals surface area contributed by atoms with E-state index in [1.54, 1.807) is 19.1 Å². The number of thiazole rings is 1. The predicted molar refractivity (Wildman–Crippen MR) is 141 cm³/mol. The van der Waals surface area contributed by atoms with Gasteiger partial charge < -0.3 is 14.5 Å². The number of aliphatic hydroxyl groups excluding tert-OH is 1. The van der Waals surface area contributed by atoms with Gasteiger partial charge in [-0.25, -0.2) is 9.97 Å². The van der Waals surface area contributed by atoms with Crippen molar-refractivity contribution in [3.05, 3.63) is 99.7 Å². The molecular weight excluding hydrogens is 488 g/mol. The van der Waals surface area contributed by atoms with Crippen molar-refractivity contribution in [2.45, 2.75) is 26.8 Å². The first-order chi connectivity index (χ1) is 17.8. The lowest BCUT2D eigenvalue weighted by Crippen LogP contribution is -2.31. The van der Waals surface area contributed by atoms with Crippen LogP contribution < -0.4 is 4.90 Å². The van der Waals surface area contributed by atoms with Gasteiger partial charge in [0.1, 0.15) is 16.8 Å². The summed E-state index contributed by atoms with van der Waals surface area (Å²) in [4.78, 5) is 41.4. The number of amides is 1. The Hall–Kier alpha value is -4.50. The molecule has 0 aliphatic carbocycles. The van der Waals surface area contributed by atoms with Crippen LogP contribution in [-0.2, 0) is 4.79 Å². The van der Waals surface area contributed by atoms with Crippen LogP contribution in [0.1, 0.15) is 38.3 Å². The third-order valence-electron chi connectivity index (χ3n) is 6.60. The quantitative estimate of drug-likeness (QED) is 0.281. The van der Waals surface area contributed by atoms with Crippen molar-refractivity contribution in [3.8, 4) is 10.6 Å². The van der Waals surface area contributed by atoms with E-state index in [4.69, 9.17) is 4.42 Å². The Balaban J connectivity index is 1.46. The lowest BCUT2D eigenvalue weighted by Gasteiger charge is -2.22. The van der Waals surface area contributed by atoms with Crippen LogP contribution in [0, 0.1) is 20.8 Å². The van der Waals surface area contributed by atoms with Crippen LogP contribution in [0.25, 0.3) is 21.6 Å². The molecule has 0 bridgehead atoms. The smallest absolute Gasteiger partial charge is 0.296 e. The number of hydrogen-bond acceptors (Lipinski definition) is 7. The van der Waals surface area contributed by atoms with Gasteiger partial charge in [0.05, 0.1) is 33.4 Å². The zero-order valence-electron chi connectivity index (χ0n) is 20.3. The largest absolute Gasteiger partial charge is 0.503 e. The van der Waals surface area contributed by atoms with E-state index in [0.717, 1.165) is 22.2 Å². The lowest BCUT2D eigenvalue weighted by atomic mass is 10.00. The van der Waals surface area contributed by atoms with Gasteiger partial charge in [-0.15, -0.1) is 11.3 Å². The van der Waals surface area contributed by atoms with Gasteiger partial charge in [0.2, 0.25) is 11.7 Å². The molecule has 9 heteroatoms. The minimum Gasteiger partial charge on any atom is -0.503 e. The maximum absolute atomic E-state index is 13.9. The summed E-state index contributed by atoms with van der Waals surface area (Å²) in [6.07, 6.45) is 1.46. The van der Waals surface area contributed by atoms with Crippen LogP contribution in [0.4, 0.5) is 5.95 Å². The highest BCUT2D eigenvalue weighted by Crippen LogP contribution is 2.43. The number of benzene rings is 2. The molecule has 0 radical (unpaired) electrons. The Bertz CT molecular complexity index is 1670. The summed E-state index contributed by atoms with van der Waals surface area (Å²) in [5.74, 6) is -1.29. The number of H-pyrrole nitrogens is 1. The van der Waals surface area contributed by atoms with Crippen LogP contribution >= 0.6 is 11.3 Å². The van der Waals surface area contributed by atoms with Crippen molar-refractivity contribution in [2.24, 2.45) is 0 Å². The summed E-state index contributed by atoms with van der Waals surface area (Å²) < 4.78 is 5.65. The Morgan fingerprint density at radius 2 is 1.81 bits per heavy atom. The predicted octanol–water partition coefficient (Wildman–Crippen LogP) is 5.99. The molecule has 37 heavy (non-hydrogen) atoms. The molecule has 184 valence electrons. The molecule has 0 saturated heterocycles. The van der Waals surface area contributed by atoms with Crippen LogP contribution in [0.5, 0.6) is 0 Å². The fraction of sp³-hybridized carbons (Fsp3) is 0.143. The van der Waals surface area contributed by atoms with Crippen LogP contribution in [-0.4, -0.2) is 31.7 Å². The molecule has 0 saturated carbocycles. The van der Waals surface area contributed by atoms with Gasteiger partial charge in [-0.05, 0) is 56.2 Å². The topological polar surface area (TPSA) is 112 Å². The van der Waals surface area contributed by atoms with Crippen LogP contribution in [0.15, 0.2) is 76.6 Å². The lowest BCUT2D eigenvalue weighted by molar-refractivity contribution is -0.117. The van der Waals surface area contributed by atoms with E-state index in [9.17, 15) is 14.7 Å². The first-order valence-electron chi connectivity index (χ1n) is 11.7. The molecule has 5 aromatic rings. The number of carbonyl (C=O) groups excluding carboxylic acids is 2. The second-order valence-electron chi connectivity index (χ2n) is 9.00. The fourth-order valence-electron chi connectivity index (χ4n) is 4.58. The molecular formula is C28H22N4O4S. The monoisotopic (exact) mass is 510 g/mol. The van der Waals surface area contributed by atoms with Gasteiger partial charge in [-0.2, -0.15) is 0 Å². The number of carbonyl (C=O) groups is 2. The third kappa shape index (κ3) is 3.66. The number of aliphatic hydroxyl groups is 1. The van der Waals surface area contributed by atoms with E-state index in [2.05, 4.69) is 15.0 Å². The highest BCUT2D eigenvalue weighted by atomic mass is 32.1. The number of nitrogens with one attached hydrogen (secondary N) is 1. The van der Waals surface area contributed by atoms with E-state index in [-0.39, 0.29) is 11.5 Å². The maximum Gasteiger partial charge on any atom is 0.296 e. The van der Waals surface area contributed by atoms with Crippen LogP contribution in [0.2, 0.25) is 0 Å². The average Bonchev–Trinajstić information content (AvgIpc) is 3.67. The number of fused-ring (bicyclic) bond motifs is 1. The molecule has 1 aliphatic heterocycles. The minimum atomic E-state index is -1.00. The van der Waals surface area contributed by atoms with E-state index in [0.29, 0.717) is 26.9 Å². The minimum absolute atomic E-state index is 0.0703. The van der Waals surface area contributed by atoms with E-state index < -0.39 is 23.5 Å². The number of imidazole rings is 1. The fourth-order valence-corrected chi connectivity index (χ4v) is 5.60. The second kappa shape index (κ2) is 8.56. The van der Waals surface area contributed by atoms with Gasteiger partial charge in [0.15, 0.2) is 5.76 Å². The summed E-state index contributed by atoms with van der Waals surface area (Å²) in [6.45, 7) is 5.72. The number of aryl methyl sites for hydroxylation is 3. The molecule has 6 rings (SSSR count). The molecule has 1 atom stereocenters. The van der Waals surface area contributed by atoms with Crippen LogP contribution in [0.3, 0.4) is 0 Å². The standard InChI is InChI=1S/C28H22N4O4S/c1-14-12-18-19(13-15(14)2)31-28(30-18)32-22(20-10-7-11-36-20)21(24(34)27(32)35)23(33)25-16(3)29-26(37-25)17-8-5-4-6-9-17/h4-13,22,34H,1-3H3,(H,30,31). The van der Waals surface area contributed by atoms with Crippen molar-refractivity contribution >= 4 is 40.0 Å². The van der Waals surface area contributed by atoms with Gasteiger partial charge in [-0.3, -0.25) is 14.5 Å². The highest BCUT2D eigenvalue weighted by Gasteiger charge is 2.48. The molecule has 1 amide bonds. The van der Waals surface area contributed by atoms with Crippen molar-refractivity contribution in [1.29, 1.82) is 0 Å². The number of nitrogens with zero attached hydrogens (tertiary/aromatic N) is 3. The number of hydrogen-bond donors (Lipinski definition) is 2. The first-order valence-corrected chi connectivity index (χ1v) is 12.5. The van der Waals surface area contributed by atoms with Crippen molar-refractivity contribution in [1.82, 2.24) is 15.0 Å². The molecule has 3 aromatic heterocycles. The average molecular weight is 511 g/mol. The molecule has 8 nitrogen and oxygen atoms in total. The third-order valence-corrected chi connectivity index (χ3v) is 7.81. The van der Waals surface area contributed by atoms with Crippen molar-refractivity contribution < 1.29 is 19.1 Å². The normalized spacial score (nSPS) is 15.8. The summed E-state index contributed by atoms with van der Waals surface area (Å²) in [5, 5.41) is 11.7. The zero-order valence-corrected chi connectivity index (χ0v) is 21.1. The summed E-state index contributed by atoms with van der Waals surface area (Å²) in [5.41, 5.74) is 4.89. The number of rotatable bonds is 5. The van der Waals surface area contributed by atoms with E-state index in [1.807, 2.05) is 56.3 Å². The number of anilines is 1. The Kier molecular flexibility index (Phi) is 5.31. The number of aromatic amines is 1. The maximum atomic E-state index is 13.9. The Morgan fingerprint density at radius 1 is 1.05 bits per heavy atom. The van der Waals surface area contributed by atoms with Gasteiger partial charge in [0, 0.05) is 5.56 Å². The summed E-state index contributed by atoms with van der Waals surface area (Å²) >= 11 is 1.22. The Labute approximate surface area is 215 Å². The van der Waals surface area contributed by atoms with Crippen molar-refractivity contribution in [2.75, 3.05) is 4.90 Å². The highest BCUT2D eigenvalue weighted by molar-refractivity contribution is 7.17. The van der Waals surface area contributed by atoms with Crippen molar-refractivity contribution in [3.63, 3.8) is 0 Å². The SMILES string of the molecule is Cc1cc2nc(N3C(=O)C(O)=C(C(=O)c4sc(-c5ccccc5)nc4C)C3c3ccco3)[nH]c2cc1C. The second-order valence-corrected chi connectivity index (χ2v) is 10.00. The zero-order chi connectivity index (χ0) is 25.8. The molecule has 1 unspecified atom stereocenters. The number of aromatic nitrogens is 3. The van der Waals surface area contributed by atoms with Gasteiger partial charge in [-0.1, -0.05) is 30.3 Å². The summed E-state index contributed by atoms with van der Waals surface area (Å²) in [7, 11) is 0. The Morgan fingerprint density at radius 3 is 2.54 bits per heavy atom. The molecule has 4 heterocycles. The summed E-state index contributed by atoms with van der Waals surface area (Å²) in [6, 6.07) is 15.8. The molecule has 0 spiro atoms. The molecule has 1 aliphatic rings. The molecule has 2 N–H and O–H groups in total. The molecule has 2 aromatic carbocycles. The van der Waals surface area contributed by atoms with E-state index in [1.165, 1.54) is 22.5 Å². The first kappa shape index (κ1) is 22.9. The molecule has 0 fully saturated rings. The van der Waals surface area contributed by atoms with E-state index >= 15 is 0 Å².